The van der Waals surface area contributed by atoms with Crippen LogP contribution in [-0.2, 0) is 15.8 Å². The number of halogens is 3. The van der Waals surface area contributed by atoms with Crippen molar-refractivity contribution in [3.8, 4) is 0 Å². The molecule has 0 radical (unpaired) electrons. The Kier molecular flexibility index (Phi) is 2.49. The zero-order chi connectivity index (χ0) is 12.6. The molecule has 1 aliphatic rings. The second-order valence-corrected chi connectivity index (χ2v) is 3.46. The Hall–Kier alpha value is -2.11. The predicted molar refractivity (Wildman–Crippen MR) is 52.6 cm³/mol. The lowest BCUT2D eigenvalue weighted by atomic mass is 10.0. The van der Waals surface area contributed by atoms with E-state index in [1.165, 1.54) is 18.2 Å². The number of amides is 2. The molecule has 88 valence electrons. The molecule has 0 atom stereocenters. The smallest absolute Gasteiger partial charge is 0.288 e. The fourth-order valence-corrected chi connectivity index (χ4v) is 1.34. The molecular weight excluding hydrogens is 235 g/mol. The van der Waals surface area contributed by atoms with E-state index in [2.05, 4.69) is 0 Å². The fraction of sp³-hybridized carbons (Fsp3) is 0.0909. The second-order valence-electron chi connectivity index (χ2n) is 3.46. The molecule has 0 spiro atoms. The maximum atomic E-state index is 12.2. The first kappa shape index (κ1) is 11.4. The van der Waals surface area contributed by atoms with E-state index in [1.807, 2.05) is 5.32 Å². The third-order valence-corrected chi connectivity index (χ3v) is 2.27. The molecule has 1 aromatic carbocycles. The van der Waals surface area contributed by atoms with Gasteiger partial charge in [0.2, 0.25) is 0 Å². The topological polar surface area (TPSA) is 46.2 Å². The average molecular weight is 241 g/mol. The number of rotatable bonds is 1. The van der Waals surface area contributed by atoms with Crippen LogP contribution < -0.4 is 5.32 Å². The minimum Gasteiger partial charge on any atom is -0.288 e. The summed E-state index contributed by atoms with van der Waals surface area (Å²) in [5, 5.41) is 1.99. The van der Waals surface area contributed by atoms with Crippen molar-refractivity contribution in [3.05, 3.63) is 41.0 Å². The van der Waals surface area contributed by atoms with Crippen molar-refractivity contribution in [1.82, 2.24) is 5.32 Å². The van der Waals surface area contributed by atoms with Gasteiger partial charge in [0.25, 0.3) is 11.8 Å². The van der Waals surface area contributed by atoms with Crippen LogP contribution in [0.25, 0.3) is 6.08 Å². The molecule has 1 heterocycles. The Bertz CT molecular complexity index is 499. The van der Waals surface area contributed by atoms with E-state index >= 15 is 0 Å². The van der Waals surface area contributed by atoms with Crippen LogP contribution in [0.4, 0.5) is 13.2 Å². The fourth-order valence-electron chi connectivity index (χ4n) is 1.34. The number of benzene rings is 1. The molecule has 1 aliphatic heterocycles. The summed E-state index contributed by atoms with van der Waals surface area (Å²) in [7, 11) is 0. The van der Waals surface area contributed by atoms with Gasteiger partial charge < -0.3 is 0 Å². The standard InChI is InChI=1S/C11H6F3NO2/c12-11(13,14)7-3-1-6(2-4-7)5-8-9(16)15-10(8)17/h1-5H,(H,15,16,17). The number of nitrogens with one attached hydrogen (secondary N) is 1. The van der Waals surface area contributed by atoms with Crippen LogP contribution in [0.2, 0.25) is 0 Å². The second kappa shape index (κ2) is 3.73. The van der Waals surface area contributed by atoms with Crippen LogP contribution in [0.3, 0.4) is 0 Å². The van der Waals surface area contributed by atoms with Crippen LogP contribution in [0, 0.1) is 0 Å². The summed E-state index contributed by atoms with van der Waals surface area (Å²) >= 11 is 0. The van der Waals surface area contributed by atoms with Crippen molar-refractivity contribution in [2.75, 3.05) is 0 Å². The lowest BCUT2D eigenvalue weighted by molar-refractivity contribution is -0.138. The molecule has 17 heavy (non-hydrogen) atoms. The number of alkyl halides is 3. The van der Waals surface area contributed by atoms with E-state index in [0.29, 0.717) is 5.56 Å². The van der Waals surface area contributed by atoms with Gasteiger partial charge in [-0.05, 0) is 23.8 Å². The SMILES string of the molecule is O=C1NC(=O)C1=Cc1ccc(C(F)(F)F)cc1. The molecule has 6 heteroatoms. The lowest BCUT2D eigenvalue weighted by Crippen LogP contribution is -2.47. The highest BCUT2D eigenvalue weighted by molar-refractivity contribution is 6.36. The van der Waals surface area contributed by atoms with Crippen molar-refractivity contribution in [2.24, 2.45) is 0 Å². The minimum atomic E-state index is -4.39. The summed E-state index contributed by atoms with van der Waals surface area (Å²) in [6.45, 7) is 0. The third-order valence-electron chi connectivity index (χ3n) is 2.27. The molecule has 3 nitrogen and oxygen atoms in total. The van der Waals surface area contributed by atoms with Gasteiger partial charge in [-0.1, -0.05) is 12.1 Å². The Morgan fingerprint density at radius 2 is 1.53 bits per heavy atom. The molecule has 0 saturated carbocycles. The van der Waals surface area contributed by atoms with Gasteiger partial charge in [0.15, 0.2) is 0 Å². The predicted octanol–water partition coefficient (Wildman–Crippen LogP) is 1.75. The van der Waals surface area contributed by atoms with Gasteiger partial charge in [0.05, 0.1) is 5.56 Å². The van der Waals surface area contributed by atoms with Crippen molar-refractivity contribution >= 4 is 17.9 Å². The molecule has 1 aromatic rings. The Balaban J connectivity index is 2.25. The van der Waals surface area contributed by atoms with Gasteiger partial charge >= 0.3 is 6.18 Å². The molecule has 2 rings (SSSR count). The average Bonchev–Trinajstić information content (AvgIpc) is 2.26. The summed E-state index contributed by atoms with van der Waals surface area (Å²) < 4.78 is 36.7. The van der Waals surface area contributed by atoms with Crippen molar-refractivity contribution in [2.45, 2.75) is 6.18 Å². The Morgan fingerprint density at radius 1 is 1.00 bits per heavy atom. The summed E-state index contributed by atoms with van der Waals surface area (Å²) in [5.74, 6) is -1.04. The van der Waals surface area contributed by atoms with Crippen LogP contribution in [0.1, 0.15) is 11.1 Å². The number of hydrogen-bond donors (Lipinski definition) is 1. The lowest BCUT2D eigenvalue weighted by Gasteiger charge is -2.15. The maximum Gasteiger partial charge on any atom is 0.416 e. The largest absolute Gasteiger partial charge is 0.416 e. The monoisotopic (exact) mass is 241 g/mol. The van der Waals surface area contributed by atoms with Crippen LogP contribution in [0.5, 0.6) is 0 Å². The van der Waals surface area contributed by atoms with E-state index in [9.17, 15) is 22.8 Å². The van der Waals surface area contributed by atoms with Gasteiger partial charge in [-0.25, -0.2) is 0 Å². The van der Waals surface area contributed by atoms with Crippen molar-refractivity contribution in [3.63, 3.8) is 0 Å². The highest BCUT2D eigenvalue weighted by Crippen LogP contribution is 2.29. The van der Waals surface area contributed by atoms with E-state index in [1.54, 1.807) is 0 Å². The highest BCUT2D eigenvalue weighted by Gasteiger charge is 2.31. The zero-order valence-electron chi connectivity index (χ0n) is 8.34. The van der Waals surface area contributed by atoms with E-state index in [-0.39, 0.29) is 5.57 Å². The van der Waals surface area contributed by atoms with Gasteiger partial charge in [-0.2, -0.15) is 13.2 Å². The van der Waals surface area contributed by atoms with Gasteiger partial charge in [-0.15, -0.1) is 0 Å². The van der Waals surface area contributed by atoms with E-state index < -0.39 is 23.6 Å². The molecule has 0 unspecified atom stereocenters. The molecule has 1 N–H and O–H groups in total. The zero-order valence-corrected chi connectivity index (χ0v) is 8.34. The molecule has 0 bridgehead atoms. The Morgan fingerprint density at radius 3 is 1.94 bits per heavy atom. The summed E-state index contributed by atoms with van der Waals surface area (Å²) in [5.41, 5.74) is -0.454. The summed E-state index contributed by atoms with van der Waals surface area (Å²) in [4.78, 5) is 21.8. The Labute approximate surface area is 93.9 Å². The number of hydrogen-bond acceptors (Lipinski definition) is 2. The molecule has 0 aromatic heterocycles. The quantitative estimate of drug-likeness (QED) is 0.462. The van der Waals surface area contributed by atoms with Crippen LogP contribution in [-0.4, -0.2) is 11.8 Å². The molecule has 1 saturated heterocycles. The molecular formula is C11H6F3NO2. The first-order chi connectivity index (χ1) is 7.88. The molecule has 2 amide bonds. The van der Waals surface area contributed by atoms with Crippen molar-refractivity contribution in [1.29, 1.82) is 0 Å². The maximum absolute atomic E-state index is 12.2. The number of imide groups is 1. The van der Waals surface area contributed by atoms with Gasteiger partial charge in [0.1, 0.15) is 5.57 Å². The number of β-lactam (4-membered cyclic amide) rings is 2. The molecule has 0 aliphatic carbocycles. The highest BCUT2D eigenvalue weighted by atomic mass is 19.4. The van der Waals surface area contributed by atoms with Gasteiger partial charge in [-0.3, -0.25) is 14.9 Å². The van der Waals surface area contributed by atoms with E-state index in [4.69, 9.17) is 0 Å². The third kappa shape index (κ3) is 2.20. The molecule has 1 fully saturated rings. The van der Waals surface area contributed by atoms with Gasteiger partial charge in [0, 0.05) is 0 Å². The first-order valence-corrected chi connectivity index (χ1v) is 4.62. The van der Waals surface area contributed by atoms with Crippen molar-refractivity contribution < 1.29 is 22.8 Å². The summed E-state index contributed by atoms with van der Waals surface area (Å²) in [6, 6.07) is 4.20. The van der Waals surface area contributed by atoms with E-state index in [0.717, 1.165) is 12.1 Å². The number of carbonyl (C=O) groups excluding carboxylic acids is 2. The first-order valence-electron chi connectivity index (χ1n) is 4.62. The minimum absolute atomic E-state index is 0.0511. The number of carbonyl (C=O) groups is 2. The summed E-state index contributed by atoms with van der Waals surface area (Å²) in [6.07, 6.45) is -3.14. The van der Waals surface area contributed by atoms with Crippen LogP contribution >= 0.6 is 0 Å². The van der Waals surface area contributed by atoms with Crippen LogP contribution in [0.15, 0.2) is 29.8 Å². The normalized spacial score (nSPS) is 15.4.